The van der Waals surface area contributed by atoms with Crippen LogP contribution in [0.5, 0.6) is 0 Å². The number of nitrogens with one attached hydrogen (secondary N) is 1. The molecule has 1 aromatic carbocycles. The highest BCUT2D eigenvalue weighted by Gasteiger charge is 2.02. The summed E-state index contributed by atoms with van der Waals surface area (Å²) in [6.45, 7) is 0.343. The Hall–Kier alpha value is -0.580. The maximum atomic E-state index is 11.2. The van der Waals surface area contributed by atoms with E-state index in [4.69, 9.17) is 17.3 Å². The van der Waals surface area contributed by atoms with E-state index in [-0.39, 0.29) is 5.91 Å². The molecule has 1 aromatic rings. The van der Waals surface area contributed by atoms with Crippen LogP contribution < -0.4 is 11.1 Å². The fraction of sp³-hybridized carbons (Fsp3) is 0.222. The average molecular weight is 278 g/mol. The number of rotatable bonds is 3. The van der Waals surface area contributed by atoms with Gasteiger partial charge in [0.15, 0.2) is 0 Å². The van der Waals surface area contributed by atoms with Crippen LogP contribution in [0.2, 0.25) is 5.02 Å². The predicted octanol–water partition coefficient (Wildman–Crippen LogP) is 2.39. The lowest BCUT2D eigenvalue weighted by atomic mass is 10.3. The Morgan fingerprint density at radius 1 is 1.57 bits per heavy atom. The minimum atomic E-state index is -0.106. The van der Waals surface area contributed by atoms with Gasteiger partial charge in [0.25, 0.3) is 0 Å². The molecule has 76 valence electrons. The van der Waals surface area contributed by atoms with E-state index in [1.54, 1.807) is 18.2 Å². The number of amides is 1. The Balaban J connectivity index is 2.68. The van der Waals surface area contributed by atoms with Crippen molar-refractivity contribution in [2.75, 3.05) is 11.9 Å². The van der Waals surface area contributed by atoms with Crippen LogP contribution in [0.4, 0.5) is 5.69 Å². The Morgan fingerprint density at radius 2 is 2.29 bits per heavy atom. The van der Waals surface area contributed by atoms with Crippen LogP contribution >= 0.6 is 27.5 Å². The minimum Gasteiger partial charge on any atom is -0.330 e. The lowest BCUT2D eigenvalue weighted by molar-refractivity contribution is -0.116. The van der Waals surface area contributed by atoms with Gasteiger partial charge in [-0.15, -0.1) is 0 Å². The normalized spacial score (nSPS) is 9.93. The number of carbonyl (C=O) groups excluding carboxylic acids is 1. The quantitative estimate of drug-likeness (QED) is 0.891. The highest BCUT2D eigenvalue weighted by atomic mass is 79.9. The molecule has 0 spiro atoms. The Bertz CT molecular complexity index is 344. The maximum absolute atomic E-state index is 11.2. The number of hydrogen-bond acceptors (Lipinski definition) is 2. The van der Waals surface area contributed by atoms with Crippen LogP contribution in [0.3, 0.4) is 0 Å². The second kappa shape index (κ2) is 5.34. The molecule has 14 heavy (non-hydrogen) atoms. The molecule has 0 aliphatic carbocycles. The van der Waals surface area contributed by atoms with Crippen molar-refractivity contribution in [2.24, 2.45) is 5.73 Å². The lowest BCUT2D eigenvalue weighted by Gasteiger charge is -2.05. The van der Waals surface area contributed by atoms with Gasteiger partial charge in [-0.25, -0.2) is 0 Å². The summed E-state index contributed by atoms with van der Waals surface area (Å²) < 4.78 is 0.802. The van der Waals surface area contributed by atoms with Gasteiger partial charge in [0.05, 0.1) is 5.02 Å². The van der Waals surface area contributed by atoms with E-state index < -0.39 is 0 Å². The molecule has 0 fully saturated rings. The fourth-order valence-electron chi connectivity index (χ4n) is 0.928. The van der Waals surface area contributed by atoms with Gasteiger partial charge in [0.2, 0.25) is 5.91 Å². The molecule has 0 saturated heterocycles. The largest absolute Gasteiger partial charge is 0.330 e. The summed E-state index contributed by atoms with van der Waals surface area (Å²) in [4.78, 5) is 11.2. The first-order valence-corrected chi connectivity index (χ1v) is 5.25. The number of nitrogens with two attached hydrogens (primary N) is 1. The molecular formula is C9H10BrClN2O. The first-order chi connectivity index (χ1) is 6.63. The second-order valence-electron chi connectivity index (χ2n) is 2.72. The minimum absolute atomic E-state index is 0.106. The van der Waals surface area contributed by atoms with Gasteiger partial charge in [-0.2, -0.15) is 0 Å². The molecule has 0 aliphatic rings. The van der Waals surface area contributed by atoms with Gasteiger partial charge < -0.3 is 11.1 Å². The van der Waals surface area contributed by atoms with Gasteiger partial charge in [0, 0.05) is 23.1 Å². The molecule has 1 amide bonds. The van der Waals surface area contributed by atoms with Gasteiger partial charge in [-0.1, -0.05) is 11.6 Å². The number of anilines is 1. The maximum Gasteiger partial charge on any atom is 0.225 e. The van der Waals surface area contributed by atoms with Crippen LogP contribution in [0.15, 0.2) is 22.7 Å². The second-order valence-corrected chi connectivity index (χ2v) is 3.98. The summed E-state index contributed by atoms with van der Waals surface area (Å²) in [7, 11) is 0. The average Bonchev–Trinajstić information content (AvgIpc) is 2.12. The molecule has 0 radical (unpaired) electrons. The van der Waals surface area contributed by atoms with E-state index in [0.29, 0.717) is 23.7 Å². The third-order valence-electron chi connectivity index (χ3n) is 1.57. The molecular weight excluding hydrogens is 267 g/mol. The third-order valence-corrected chi connectivity index (χ3v) is 2.81. The van der Waals surface area contributed by atoms with E-state index in [9.17, 15) is 4.79 Å². The van der Waals surface area contributed by atoms with Crippen LogP contribution in [0.1, 0.15) is 6.42 Å². The molecule has 3 nitrogen and oxygen atoms in total. The van der Waals surface area contributed by atoms with Crippen LogP contribution in [0.25, 0.3) is 0 Å². The highest BCUT2D eigenvalue weighted by molar-refractivity contribution is 9.10. The summed E-state index contributed by atoms with van der Waals surface area (Å²) in [6.07, 6.45) is 0.313. The van der Waals surface area contributed by atoms with E-state index in [1.165, 1.54) is 0 Å². The molecule has 1 rings (SSSR count). The van der Waals surface area contributed by atoms with E-state index in [0.717, 1.165) is 4.47 Å². The van der Waals surface area contributed by atoms with Crippen LogP contribution in [-0.2, 0) is 4.79 Å². The van der Waals surface area contributed by atoms with Crippen molar-refractivity contribution in [3.05, 3.63) is 27.7 Å². The number of carbonyl (C=O) groups is 1. The Labute approximate surface area is 95.7 Å². The Kier molecular flexibility index (Phi) is 4.38. The van der Waals surface area contributed by atoms with E-state index in [2.05, 4.69) is 21.2 Å². The molecule has 3 N–H and O–H groups in total. The highest BCUT2D eigenvalue weighted by Crippen LogP contribution is 2.25. The molecule has 5 heteroatoms. The molecule has 0 unspecified atom stereocenters. The third kappa shape index (κ3) is 3.29. The van der Waals surface area contributed by atoms with Gasteiger partial charge in [0.1, 0.15) is 0 Å². The zero-order chi connectivity index (χ0) is 10.6. The van der Waals surface area contributed by atoms with Crippen molar-refractivity contribution in [1.82, 2.24) is 0 Å². The van der Waals surface area contributed by atoms with Crippen molar-refractivity contribution in [3.63, 3.8) is 0 Å². The number of hydrogen-bond donors (Lipinski definition) is 2. The number of halogens is 2. The van der Waals surface area contributed by atoms with E-state index >= 15 is 0 Å². The van der Waals surface area contributed by atoms with Crippen molar-refractivity contribution in [2.45, 2.75) is 6.42 Å². The SMILES string of the molecule is NCCC(=O)Nc1ccc(Br)c(Cl)c1. The number of benzene rings is 1. The topological polar surface area (TPSA) is 55.1 Å². The fourth-order valence-corrected chi connectivity index (χ4v) is 1.36. The van der Waals surface area contributed by atoms with Crippen molar-refractivity contribution in [1.29, 1.82) is 0 Å². The summed E-state index contributed by atoms with van der Waals surface area (Å²) in [5, 5.41) is 3.25. The summed E-state index contributed by atoms with van der Waals surface area (Å²) in [6, 6.07) is 5.23. The van der Waals surface area contributed by atoms with E-state index in [1.807, 2.05) is 0 Å². The monoisotopic (exact) mass is 276 g/mol. The molecule has 0 saturated carbocycles. The zero-order valence-electron chi connectivity index (χ0n) is 7.39. The first-order valence-electron chi connectivity index (χ1n) is 4.08. The molecule has 0 heterocycles. The smallest absolute Gasteiger partial charge is 0.225 e. The molecule has 0 bridgehead atoms. The predicted molar refractivity (Wildman–Crippen MR) is 61.5 cm³/mol. The first kappa shape index (κ1) is 11.5. The standard InChI is InChI=1S/C9H10BrClN2O/c10-7-2-1-6(5-8(7)11)13-9(14)3-4-12/h1-2,5H,3-4,12H2,(H,13,14). The molecule has 0 aromatic heterocycles. The van der Waals surface area contributed by atoms with Gasteiger partial charge in [-0.3, -0.25) is 4.79 Å². The van der Waals surface area contributed by atoms with Gasteiger partial charge in [-0.05, 0) is 34.1 Å². The Morgan fingerprint density at radius 3 is 2.86 bits per heavy atom. The summed E-state index contributed by atoms with van der Waals surface area (Å²) >= 11 is 9.11. The van der Waals surface area contributed by atoms with Crippen molar-refractivity contribution in [3.8, 4) is 0 Å². The zero-order valence-corrected chi connectivity index (χ0v) is 9.73. The van der Waals surface area contributed by atoms with Crippen LogP contribution in [0, 0.1) is 0 Å². The van der Waals surface area contributed by atoms with Crippen LogP contribution in [-0.4, -0.2) is 12.5 Å². The van der Waals surface area contributed by atoms with Crippen molar-refractivity contribution >= 4 is 39.1 Å². The lowest BCUT2D eigenvalue weighted by Crippen LogP contribution is -2.16. The molecule has 0 aliphatic heterocycles. The molecule has 0 atom stereocenters. The van der Waals surface area contributed by atoms with Crippen molar-refractivity contribution < 1.29 is 4.79 Å². The summed E-state index contributed by atoms with van der Waals surface area (Å²) in [5.41, 5.74) is 5.92. The van der Waals surface area contributed by atoms with Gasteiger partial charge >= 0.3 is 0 Å². The summed E-state index contributed by atoms with van der Waals surface area (Å²) in [5.74, 6) is -0.106.